The molecule has 0 radical (unpaired) electrons. The van der Waals surface area contributed by atoms with Gasteiger partial charge in [0.25, 0.3) is 5.91 Å². The molecular formula is C19H22N2O3S. The van der Waals surface area contributed by atoms with Gasteiger partial charge in [-0.1, -0.05) is 24.3 Å². The molecule has 0 unspecified atom stereocenters. The molecule has 2 aromatic carbocycles. The average molecular weight is 358 g/mol. The maximum Gasteiger partial charge on any atom is 0.251 e. The summed E-state index contributed by atoms with van der Waals surface area (Å²) in [6.07, 6.45) is 1.77. The number of sulfonamides is 1. The predicted octanol–water partition coefficient (Wildman–Crippen LogP) is 2.93. The predicted molar refractivity (Wildman–Crippen MR) is 96.8 cm³/mol. The SMILES string of the molecule is Cc1ccccc1[C@H](C)NC(=O)c1ccc(S(=O)(=O)NC2CC2)cc1. The van der Waals surface area contributed by atoms with Gasteiger partial charge < -0.3 is 5.32 Å². The van der Waals surface area contributed by atoms with Crippen LogP contribution in [0.1, 0.15) is 47.3 Å². The molecule has 132 valence electrons. The zero-order valence-corrected chi connectivity index (χ0v) is 15.1. The van der Waals surface area contributed by atoms with Gasteiger partial charge in [0, 0.05) is 11.6 Å². The monoisotopic (exact) mass is 358 g/mol. The second-order valence-electron chi connectivity index (χ2n) is 6.47. The van der Waals surface area contributed by atoms with E-state index in [1.165, 1.54) is 12.1 Å². The lowest BCUT2D eigenvalue weighted by molar-refractivity contribution is 0.0939. The Morgan fingerprint density at radius 2 is 1.72 bits per heavy atom. The first kappa shape index (κ1) is 17.6. The molecule has 1 atom stereocenters. The third kappa shape index (κ3) is 4.27. The van der Waals surface area contributed by atoms with Crippen LogP contribution < -0.4 is 10.0 Å². The quantitative estimate of drug-likeness (QED) is 0.834. The fourth-order valence-corrected chi connectivity index (χ4v) is 4.01. The molecule has 0 heterocycles. The van der Waals surface area contributed by atoms with Gasteiger partial charge in [-0.05, 0) is 62.1 Å². The molecule has 5 nitrogen and oxygen atoms in total. The van der Waals surface area contributed by atoms with Crippen molar-refractivity contribution in [2.45, 2.75) is 43.7 Å². The molecule has 1 fully saturated rings. The van der Waals surface area contributed by atoms with Gasteiger partial charge in [-0.2, -0.15) is 0 Å². The van der Waals surface area contributed by atoms with E-state index in [0.29, 0.717) is 5.56 Å². The van der Waals surface area contributed by atoms with E-state index < -0.39 is 10.0 Å². The molecule has 0 spiro atoms. The molecule has 1 aliphatic rings. The van der Waals surface area contributed by atoms with Gasteiger partial charge >= 0.3 is 0 Å². The number of hydrogen-bond donors (Lipinski definition) is 2. The van der Waals surface area contributed by atoms with Crippen LogP contribution in [0.5, 0.6) is 0 Å². The third-order valence-corrected chi connectivity index (χ3v) is 5.86. The van der Waals surface area contributed by atoms with Gasteiger partial charge in [0.05, 0.1) is 10.9 Å². The number of aryl methyl sites for hydroxylation is 1. The summed E-state index contributed by atoms with van der Waals surface area (Å²) in [5.41, 5.74) is 2.61. The van der Waals surface area contributed by atoms with E-state index in [1.807, 2.05) is 38.1 Å². The van der Waals surface area contributed by atoms with Crippen LogP contribution in [0.3, 0.4) is 0 Å². The van der Waals surface area contributed by atoms with Crippen molar-refractivity contribution in [1.29, 1.82) is 0 Å². The van der Waals surface area contributed by atoms with Crippen molar-refractivity contribution < 1.29 is 13.2 Å². The number of amides is 1. The molecule has 0 aliphatic heterocycles. The van der Waals surface area contributed by atoms with Crippen LogP contribution in [0, 0.1) is 6.92 Å². The summed E-state index contributed by atoms with van der Waals surface area (Å²) in [5.74, 6) is -0.227. The van der Waals surface area contributed by atoms with E-state index >= 15 is 0 Å². The fraction of sp³-hybridized carbons (Fsp3) is 0.316. The standard InChI is InChI=1S/C19H22N2O3S/c1-13-5-3-4-6-18(13)14(2)20-19(22)15-7-11-17(12-8-15)25(23,24)21-16-9-10-16/h3-8,11-12,14,16,21H,9-10H2,1-2H3,(H,20,22)/t14-/m0/s1. The maximum atomic E-state index is 12.4. The van der Waals surface area contributed by atoms with Gasteiger partial charge in [-0.15, -0.1) is 0 Å². The number of benzene rings is 2. The van der Waals surface area contributed by atoms with Gasteiger partial charge in [0.1, 0.15) is 0 Å². The molecule has 1 aliphatic carbocycles. The van der Waals surface area contributed by atoms with Crippen LogP contribution in [0.2, 0.25) is 0 Å². The van der Waals surface area contributed by atoms with E-state index in [0.717, 1.165) is 24.0 Å². The molecule has 0 saturated heterocycles. The highest BCUT2D eigenvalue weighted by Crippen LogP contribution is 2.22. The first-order valence-electron chi connectivity index (χ1n) is 8.35. The highest BCUT2D eigenvalue weighted by Gasteiger charge is 2.28. The highest BCUT2D eigenvalue weighted by molar-refractivity contribution is 7.89. The van der Waals surface area contributed by atoms with E-state index in [4.69, 9.17) is 0 Å². The van der Waals surface area contributed by atoms with E-state index in [2.05, 4.69) is 10.0 Å². The molecule has 3 rings (SSSR count). The summed E-state index contributed by atoms with van der Waals surface area (Å²) < 4.78 is 26.9. The molecular weight excluding hydrogens is 336 g/mol. The third-order valence-electron chi connectivity index (χ3n) is 4.33. The number of rotatable bonds is 6. The molecule has 2 N–H and O–H groups in total. The largest absolute Gasteiger partial charge is 0.346 e. The number of carbonyl (C=O) groups excluding carboxylic acids is 1. The van der Waals surface area contributed by atoms with Crippen LogP contribution in [0.15, 0.2) is 53.4 Å². The Morgan fingerprint density at radius 1 is 1.08 bits per heavy atom. The Morgan fingerprint density at radius 3 is 2.32 bits per heavy atom. The second-order valence-corrected chi connectivity index (χ2v) is 8.19. The van der Waals surface area contributed by atoms with Gasteiger partial charge in [-0.25, -0.2) is 13.1 Å². The maximum absolute atomic E-state index is 12.4. The van der Waals surface area contributed by atoms with Crippen molar-refractivity contribution >= 4 is 15.9 Å². The summed E-state index contributed by atoms with van der Waals surface area (Å²) in [6, 6.07) is 13.8. The minimum atomic E-state index is -3.49. The minimum absolute atomic E-state index is 0.0583. The molecule has 25 heavy (non-hydrogen) atoms. The number of nitrogens with one attached hydrogen (secondary N) is 2. The Bertz CT molecular complexity index is 872. The van der Waals surface area contributed by atoms with Gasteiger partial charge in [-0.3, -0.25) is 4.79 Å². The molecule has 6 heteroatoms. The molecule has 1 saturated carbocycles. The van der Waals surface area contributed by atoms with Crippen LogP contribution >= 0.6 is 0 Å². The lowest BCUT2D eigenvalue weighted by Crippen LogP contribution is -2.28. The van der Waals surface area contributed by atoms with E-state index in [1.54, 1.807) is 12.1 Å². The Balaban J connectivity index is 1.69. The van der Waals surface area contributed by atoms with Crippen molar-refractivity contribution in [3.05, 3.63) is 65.2 Å². The molecule has 2 aromatic rings. The zero-order chi connectivity index (χ0) is 18.0. The Kier molecular flexibility index (Phi) is 4.92. The first-order chi connectivity index (χ1) is 11.9. The smallest absolute Gasteiger partial charge is 0.251 e. The van der Waals surface area contributed by atoms with Crippen molar-refractivity contribution in [2.75, 3.05) is 0 Å². The normalized spacial score (nSPS) is 15.6. The molecule has 1 amide bonds. The summed E-state index contributed by atoms with van der Waals surface area (Å²) in [6.45, 7) is 3.93. The zero-order valence-electron chi connectivity index (χ0n) is 14.3. The van der Waals surface area contributed by atoms with Gasteiger partial charge in [0.15, 0.2) is 0 Å². The number of hydrogen-bond acceptors (Lipinski definition) is 3. The van der Waals surface area contributed by atoms with Crippen molar-refractivity contribution in [3.63, 3.8) is 0 Å². The van der Waals surface area contributed by atoms with Crippen LogP contribution in [-0.2, 0) is 10.0 Å². The van der Waals surface area contributed by atoms with Crippen LogP contribution in [0.4, 0.5) is 0 Å². The van der Waals surface area contributed by atoms with Crippen molar-refractivity contribution in [1.82, 2.24) is 10.0 Å². The summed E-state index contributed by atoms with van der Waals surface area (Å²) in [5, 5.41) is 2.95. The second kappa shape index (κ2) is 6.98. The molecule has 0 bridgehead atoms. The van der Waals surface area contributed by atoms with Crippen molar-refractivity contribution in [3.8, 4) is 0 Å². The lowest BCUT2D eigenvalue weighted by atomic mass is 10.0. The average Bonchev–Trinajstić information content (AvgIpc) is 3.38. The van der Waals surface area contributed by atoms with Crippen LogP contribution in [-0.4, -0.2) is 20.4 Å². The number of carbonyl (C=O) groups is 1. The fourth-order valence-electron chi connectivity index (χ4n) is 2.70. The lowest BCUT2D eigenvalue weighted by Gasteiger charge is -2.16. The van der Waals surface area contributed by atoms with E-state index in [-0.39, 0.29) is 22.9 Å². The molecule has 0 aromatic heterocycles. The highest BCUT2D eigenvalue weighted by atomic mass is 32.2. The summed E-state index contributed by atoms with van der Waals surface area (Å²) >= 11 is 0. The summed E-state index contributed by atoms with van der Waals surface area (Å²) in [7, 11) is -3.49. The Hall–Kier alpha value is -2.18. The summed E-state index contributed by atoms with van der Waals surface area (Å²) in [4.78, 5) is 12.6. The first-order valence-corrected chi connectivity index (χ1v) is 9.84. The minimum Gasteiger partial charge on any atom is -0.346 e. The van der Waals surface area contributed by atoms with Gasteiger partial charge in [0.2, 0.25) is 10.0 Å². The topological polar surface area (TPSA) is 75.3 Å². The van der Waals surface area contributed by atoms with E-state index in [9.17, 15) is 13.2 Å². The van der Waals surface area contributed by atoms with Crippen LogP contribution in [0.25, 0.3) is 0 Å². The Labute approximate surface area is 148 Å². The van der Waals surface area contributed by atoms with Crippen molar-refractivity contribution in [2.24, 2.45) is 0 Å².